The van der Waals surface area contributed by atoms with Gasteiger partial charge in [-0.05, 0) is 13.0 Å². The summed E-state index contributed by atoms with van der Waals surface area (Å²) in [5, 5.41) is 0. The SMILES string of the molecule is CCOCCO[SiH2]CCCl.I.I. The molecule has 0 amide bonds. The first-order valence-corrected chi connectivity index (χ1v) is 5.74. The maximum Gasteiger partial charge on any atom is 0.162 e. The van der Waals surface area contributed by atoms with Crippen LogP contribution in [-0.4, -0.2) is 35.5 Å². The van der Waals surface area contributed by atoms with Crippen molar-refractivity contribution in [2.45, 2.75) is 13.0 Å². The van der Waals surface area contributed by atoms with Gasteiger partial charge in [-0.2, -0.15) is 0 Å². The van der Waals surface area contributed by atoms with E-state index in [4.69, 9.17) is 20.8 Å². The molecule has 0 aliphatic rings. The Hall–Kier alpha value is 1.89. The van der Waals surface area contributed by atoms with Gasteiger partial charge in [0, 0.05) is 12.5 Å². The van der Waals surface area contributed by atoms with E-state index < -0.39 is 0 Å². The first-order chi connectivity index (χ1) is 4.91. The van der Waals surface area contributed by atoms with Gasteiger partial charge in [0.15, 0.2) is 9.76 Å². The Kier molecular flexibility index (Phi) is 30.2. The van der Waals surface area contributed by atoms with Crippen LogP contribution in [-0.2, 0) is 9.16 Å². The highest BCUT2D eigenvalue weighted by Crippen LogP contribution is 1.84. The van der Waals surface area contributed by atoms with Crippen LogP contribution in [0.2, 0.25) is 6.04 Å². The summed E-state index contributed by atoms with van der Waals surface area (Å²) in [6.07, 6.45) is 0. The molecule has 0 unspecified atom stereocenters. The molecule has 0 radical (unpaired) electrons. The van der Waals surface area contributed by atoms with Crippen molar-refractivity contribution in [1.82, 2.24) is 0 Å². The molecule has 0 saturated heterocycles. The van der Waals surface area contributed by atoms with Gasteiger partial charge < -0.3 is 9.16 Å². The quantitative estimate of drug-likeness (QED) is 0.262. The Morgan fingerprint density at radius 2 is 1.92 bits per heavy atom. The Morgan fingerprint density at radius 1 is 1.25 bits per heavy atom. The van der Waals surface area contributed by atoms with Gasteiger partial charge in [0.05, 0.1) is 13.2 Å². The Bertz CT molecular complexity index is 63.5. The molecule has 0 heterocycles. The van der Waals surface area contributed by atoms with Crippen molar-refractivity contribution >= 4 is 69.3 Å². The monoisotopic (exact) mass is 438 g/mol. The summed E-state index contributed by atoms with van der Waals surface area (Å²) in [6.45, 7) is 4.24. The van der Waals surface area contributed by atoms with Crippen LogP contribution in [0, 0.1) is 0 Å². The lowest BCUT2D eigenvalue weighted by Crippen LogP contribution is -2.07. The molecule has 2 nitrogen and oxygen atoms in total. The van der Waals surface area contributed by atoms with E-state index in [0.29, 0.717) is 0 Å². The van der Waals surface area contributed by atoms with Crippen LogP contribution in [0.3, 0.4) is 0 Å². The Morgan fingerprint density at radius 3 is 2.42 bits per heavy atom. The number of rotatable bonds is 7. The minimum absolute atomic E-state index is 0. The largest absolute Gasteiger partial charge is 0.422 e. The summed E-state index contributed by atoms with van der Waals surface area (Å²) in [4.78, 5) is 0. The van der Waals surface area contributed by atoms with E-state index in [0.717, 1.165) is 31.7 Å². The molecule has 0 aliphatic carbocycles. The van der Waals surface area contributed by atoms with Crippen LogP contribution in [0.25, 0.3) is 0 Å². The van der Waals surface area contributed by atoms with Crippen molar-refractivity contribution in [2.75, 3.05) is 25.7 Å². The molecule has 0 saturated carbocycles. The zero-order chi connectivity index (χ0) is 7.66. The van der Waals surface area contributed by atoms with Gasteiger partial charge in [0.1, 0.15) is 0 Å². The van der Waals surface area contributed by atoms with Crippen LogP contribution in [0.4, 0.5) is 0 Å². The minimum Gasteiger partial charge on any atom is -0.422 e. The maximum atomic E-state index is 5.47. The van der Waals surface area contributed by atoms with Crippen molar-refractivity contribution in [3.63, 3.8) is 0 Å². The molecule has 0 aromatic carbocycles. The van der Waals surface area contributed by atoms with Gasteiger partial charge in [-0.15, -0.1) is 59.6 Å². The first-order valence-electron chi connectivity index (χ1n) is 3.63. The molecule has 0 N–H and O–H groups in total. The molecule has 12 heavy (non-hydrogen) atoms. The third kappa shape index (κ3) is 17.8. The summed E-state index contributed by atoms with van der Waals surface area (Å²) in [5.41, 5.74) is 0. The lowest BCUT2D eigenvalue weighted by Gasteiger charge is -2.01. The molecule has 0 aromatic rings. The highest BCUT2D eigenvalue weighted by molar-refractivity contribution is 14.0. The lowest BCUT2D eigenvalue weighted by atomic mass is 10.8. The predicted molar refractivity (Wildman–Crippen MR) is 77.3 cm³/mol. The molecular formula is C6H17ClI2O2Si. The van der Waals surface area contributed by atoms with Gasteiger partial charge in [-0.1, -0.05) is 0 Å². The molecule has 0 atom stereocenters. The van der Waals surface area contributed by atoms with E-state index in [1.807, 2.05) is 6.92 Å². The molecule has 0 fully saturated rings. The normalized spacial score (nSPS) is 9.50. The van der Waals surface area contributed by atoms with Crippen molar-refractivity contribution in [3.8, 4) is 0 Å². The summed E-state index contributed by atoms with van der Waals surface area (Å²) >= 11 is 5.47. The van der Waals surface area contributed by atoms with E-state index in [1.165, 1.54) is 0 Å². The number of hydrogen-bond donors (Lipinski definition) is 0. The number of ether oxygens (including phenoxy) is 1. The summed E-state index contributed by atoms with van der Waals surface area (Å²) < 4.78 is 10.4. The Balaban J connectivity index is -0.000000405. The smallest absolute Gasteiger partial charge is 0.162 e. The van der Waals surface area contributed by atoms with Gasteiger partial charge in [-0.25, -0.2) is 0 Å². The first kappa shape index (κ1) is 19.5. The predicted octanol–water partition coefficient (Wildman–Crippen LogP) is 2.02. The fourth-order valence-corrected chi connectivity index (χ4v) is 1.48. The highest BCUT2D eigenvalue weighted by atomic mass is 127. The minimum atomic E-state index is -0.329. The lowest BCUT2D eigenvalue weighted by molar-refractivity contribution is 0.112. The van der Waals surface area contributed by atoms with Crippen LogP contribution in [0.15, 0.2) is 0 Å². The molecule has 0 aliphatic heterocycles. The Labute approximate surface area is 116 Å². The second-order valence-electron chi connectivity index (χ2n) is 1.85. The van der Waals surface area contributed by atoms with Crippen LogP contribution in [0.5, 0.6) is 0 Å². The molecule has 6 heteroatoms. The number of halogens is 3. The van der Waals surface area contributed by atoms with Gasteiger partial charge in [-0.3, -0.25) is 0 Å². The molecular weight excluding hydrogens is 421 g/mol. The van der Waals surface area contributed by atoms with Crippen LogP contribution in [0.1, 0.15) is 6.92 Å². The average Bonchev–Trinajstić information content (AvgIpc) is 1.97. The number of alkyl halides is 1. The van der Waals surface area contributed by atoms with E-state index in [9.17, 15) is 0 Å². The molecule has 0 bridgehead atoms. The third-order valence-corrected chi connectivity index (χ3v) is 2.93. The molecule has 0 aromatic heterocycles. The molecule has 0 rings (SSSR count). The summed E-state index contributed by atoms with van der Waals surface area (Å²) in [6, 6.07) is 1.06. The standard InChI is InChI=1S/C6H15ClO2Si.2HI/c1-2-8-4-5-9-10-6-3-7;;/h2-6,10H2,1H3;2*1H. The maximum absolute atomic E-state index is 5.47. The average molecular weight is 439 g/mol. The van der Waals surface area contributed by atoms with Crippen LogP contribution < -0.4 is 0 Å². The van der Waals surface area contributed by atoms with Crippen molar-refractivity contribution < 1.29 is 9.16 Å². The molecule has 78 valence electrons. The zero-order valence-corrected chi connectivity index (χ0v) is 14.1. The van der Waals surface area contributed by atoms with Crippen molar-refractivity contribution in [2.24, 2.45) is 0 Å². The second kappa shape index (κ2) is 18.6. The van der Waals surface area contributed by atoms with E-state index >= 15 is 0 Å². The topological polar surface area (TPSA) is 18.5 Å². The number of hydrogen-bond acceptors (Lipinski definition) is 2. The zero-order valence-electron chi connectivity index (χ0n) is 7.25. The summed E-state index contributed by atoms with van der Waals surface area (Å²) in [7, 11) is -0.329. The van der Waals surface area contributed by atoms with Crippen LogP contribution >= 0.6 is 59.6 Å². The summed E-state index contributed by atoms with van der Waals surface area (Å²) in [5.74, 6) is 0.737. The second-order valence-corrected chi connectivity index (χ2v) is 3.75. The fourth-order valence-electron chi connectivity index (χ4n) is 0.521. The van der Waals surface area contributed by atoms with Crippen molar-refractivity contribution in [3.05, 3.63) is 0 Å². The van der Waals surface area contributed by atoms with E-state index in [2.05, 4.69) is 0 Å². The van der Waals surface area contributed by atoms with Crippen molar-refractivity contribution in [1.29, 1.82) is 0 Å². The van der Waals surface area contributed by atoms with Gasteiger partial charge in [0.25, 0.3) is 0 Å². The van der Waals surface area contributed by atoms with E-state index in [1.54, 1.807) is 0 Å². The van der Waals surface area contributed by atoms with Gasteiger partial charge in [0.2, 0.25) is 0 Å². The molecule has 0 spiro atoms. The van der Waals surface area contributed by atoms with E-state index in [-0.39, 0.29) is 57.7 Å². The fraction of sp³-hybridized carbons (Fsp3) is 1.00. The third-order valence-electron chi connectivity index (χ3n) is 0.998. The highest BCUT2D eigenvalue weighted by Gasteiger charge is 1.87. The van der Waals surface area contributed by atoms with Gasteiger partial charge >= 0.3 is 0 Å².